The summed E-state index contributed by atoms with van der Waals surface area (Å²) in [5, 5.41) is 6.38. The lowest BCUT2D eigenvalue weighted by molar-refractivity contribution is 0.127. The number of nitrogens with one attached hydrogen (secondary N) is 2. The molecule has 0 aliphatic heterocycles. The number of carbonyl (C=O) groups is 1. The molecule has 0 radical (unpaired) electrons. The van der Waals surface area contributed by atoms with Crippen molar-refractivity contribution in [1.29, 1.82) is 0 Å². The molecule has 4 saturated carbocycles. The highest BCUT2D eigenvalue weighted by Crippen LogP contribution is 2.60. The van der Waals surface area contributed by atoms with E-state index >= 15 is 0 Å². The smallest absolute Gasteiger partial charge is 0.315 e. The molecule has 4 bridgehead atoms. The van der Waals surface area contributed by atoms with Gasteiger partial charge in [-0.2, -0.15) is 0 Å². The first-order valence-electron chi connectivity index (χ1n) is 9.85. The van der Waals surface area contributed by atoms with Crippen LogP contribution in [0.2, 0.25) is 0 Å². The Morgan fingerprint density at radius 2 is 1.78 bits per heavy atom. The SMILES string of the molecule is CCCCCCOCCCNC(=O)NC12CC3CC(CC1C3)C2. The monoisotopic (exact) mass is 322 g/mol. The molecule has 0 aromatic heterocycles. The fourth-order valence-electron chi connectivity index (χ4n) is 5.38. The molecule has 0 spiro atoms. The van der Waals surface area contributed by atoms with Crippen LogP contribution in [0.25, 0.3) is 0 Å². The average molecular weight is 322 g/mol. The van der Waals surface area contributed by atoms with E-state index in [0.717, 1.165) is 43.8 Å². The second-order valence-electron chi connectivity index (χ2n) is 8.11. The third-order valence-corrected chi connectivity index (χ3v) is 6.25. The molecule has 2 unspecified atom stereocenters. The maximum Gasteiger partial charge on any atom is 0.315 e. The summed E-state index contributed by atoms with van der Waals surface area (Å²) in [6.07, 6.45) is 12.5. The molecule has 23 heavy (non-hydrogen) atoms. The first-order chi connectivity index (χ1) is 11.2. The fraction of sp³-hybridized carbons (Fsp3) is 0.947. The summed E-state index contributed by atoms with van der Waals surface area (Å²) < 4.78 is 5.61. The van der Waals surface area contributed by atoms with Gasteiger partial charge in [-0.05, 0) is 62.7 Å². The molecule has 4 nitrogen and oxygen atoms in total. The van der Waals surface area contributed by atoms with Crippen LogP contribution in [0, 0.1) is 17.8 Å². The summed E-state index contributed by atoms with van der Waals surface area (Å²) in [4.78, 5) is 12.2. The minimum atomic E-state index is 0.0427. The van der Waals surface area contributed by atoms with Gasteiger partial charge in [0.2, 0.25) is 0 Å². The molecule has 2 N–H and O–H groups in total. The van der Waals surface area contributed by atoms with Gasteiger partial charge in [0.1, 0.15) is 0 Å². The fourth-order valence-corrected chi connectivity index (χ4v) is 5.38. The average Bonchev–Trinajstić information content (AvgIpc) is 2.89. The van der Waals surface area contributed by atoms with Crippen LogP contribution in [-0.2, 0) is 4.74 Å². The molecule has 4 aliphatic carbocycles. The lowest BCUT2D eigenvalue weighted by Crippen LogP contribution is -2.53. The summed E-state index contributed by atoms with van der Waals surface area (Å²) >= 11 is 0. The molecule has 0 saturated heterocycles. The largest absolute Gasteiger partial charge is 0.381 e. The predicted octanol–water partition coefficient (Wildman–Crippen LogP) is 3.85. The van der Waals surface area contributed by atoms with Gasteiger partial charge in [0.15, 0.2) is 0 Å². The Hall–Kier alpha value is -0.770. The van der Waals surface area contributed by atoms with Gasteiger partial charge in [-0.1, -0.05) is 26.2 Å². The molecular formula is C19H34N2O2. The summed E-state index contributed by atoms with van der Waals surface area (Å²) in [7, 11) is 0. The van der Waals surface area contributed by atoms with E-state index in [-0.39, 0.29) is 11.6 Å². The predicted molar refractivity (Wildman–Crippen MR) is 92.4 cm³/mol. The Balaban J connectivity index is 1.24. The van der Waals surface area contributed by atoms with E-state index in [4.69, 9.17) is 4.74 Å². The number of hydrogen-bond donors (Lipinski definition) is 2. The lowest BCUT2D eigenvalue weighted by Gasteiger charge is -2.33. The van der Waals surface area contributed by atoms with Crippen LogP contribution in [0.5, 0.6) is 0 Å². The zero-order chi connectivity index (χ0) is 16.1. The highest BCUT2D eigenvalue weighted by molar-refractivity contribution is 5.75. The van der Waals surface area contributed by atoms with Crippen molar-refractivity contribution in [3.05, 3.63) is 0 Å². The maximum atomic E-state index is 12.2. The van der Waals surface area contributed by atoms with E-state index in [1.54, 1.807) is 0 Å². The number of amides is 2. The van der Waals surface area contributed by atoms with Crippen molar-refractivity contribution < 1.29 is 9.53 Å². The number of carbonyl (C=O) groups excluding carboxylic acids is 1. The Bertz CT molecular complexity index is 385. The van der Waals surface area contributed by atoms with Crippen molar-refractivity contribution >= 4 is 6.03 Å². The molecule has 4 heteroatoms. The number of ether oxygens (including phenoxy) is 1. The topological polar surface area (TPSA) is 50.4 Å². The van der Waals surface area contributed by atoms with E-state index in [1.165, 1.54) is 51.4 Å². The van der Waals surface area contributed by atoms with Gasteiger partial charge in [-0.3, -0.25) is 0 Å². The highest BCUT2D eigenvalue weighted by atomic mass is 16.5. The first-order valence-corrected chi connectivity index (χ1v) is 9.85. The van der Waals surface area contributed by atoms with Crippen LogP contribution < -0.4 is 10.6 Å². The van der Waals surface area contributed by atoms with Crippen molar-refractivity contribution in [3.8, 4) is 0 Å². The van der Waals surface area contributed by atoms with Crippen LogP contribution in [0.3, 0.4) is 0 Å². The van der Waals surface area contributed by atoms with Crippen LogP contribution in [-0.4, -0.2) is 31.3 Å². The van der Waals surface area contributed by atoms with Crippen molar-refractivity contribution in [2.45, 2.75) is 76.7 Å². The standard InChI is InChI=1S/C19H34N2O2/c1-2-3-4-5-8-23-9-6-7-20-18(22)21-19-13-15-10-16(14-19)12-17(19)11-15/h15-17H,2-14H2,1H3,(H2,20,21,22). The van der Waals surface area contributed by atoms with E-state index in [9.17, 15) is 4.79 Å². The Morgan fingerprint density at radius 1 is 1.04 bits per heavy atom. The minimum absolute atomic E-state index is 0.0427. The van der Waals surface area contributed by atoms with Crippen molar-refractivity contribution in [1.82, 2.24) is 10.6 Å². The molecule has 0 aromatic carbocycles. The van der Waals surface area contributed by atoms with Gasteiger partial charge in [-0.15, -0.1) is 0 Å². The van der Waals surface area contributed by atoms with Crippen LogP contribution >= 0.6 is 0 Å². The molecule has 4 aliphatic rings. The van der Waals surface area contributed by atoms with Gasteiger partial charge < -0.3 is 15.4 Å². The molecule has 4 rings (SSSR count). The quantitative estimate of drug-likeness (QED) is 0.600. The molecular weight excluding hydrogens is 288 g/mol. The molecule has 0 heterocycles. The van der Waals surface area contributed by atoms with Crippen LogP contribution in [0.1, 0.15) is 71.1 Å². The van der Waals surface area contributed by atoms with Gasteiger partial charge in [0.05, 0.1) is 0 Å². The highest BCUT2D eigenvalue weighted by Gasteiger charge is 2.58. The summed E-state index contributed by atoms with van der Waals surface area (Å²) in [6, 6.07) is 0.0427. The number of hydrogen-bond acceptors (Lipinski definition) is 2. The number of unbranched alkanes of at least 4 members (excludes halogenated alkanes) is 3. The van der Waals surface area contributed by atoms with E-state index in [2.05, 4.69) is 17.6 Å². The maximum absolute atomic E-state index is 12.2. The van der Waals surface area contributed by atoms with Crippen LogP contribution in [0.15, 0.2) is 0 Å². The zero-order valence-electron chi connectivity index (χ0n) is 14.7. The molecule has 4 fully saturated rings. The Morgan fingerprint density at radius 3 is 2.52 bits per heavy atom. The van der Waals surface area contributed by atoms with Gasteiger partial charge in [0.25, 0.3) is 0 Å². The summed E-state index contributed by atoms with van der Waals surface area (Å²) in [5.41, 5.74) is 0.146. The second-order valence-corrected chi connectivity index (χ2v) is 8.11. The Kier molecular flexibility index (Phi) is 5.84. The third kappa shape index (κ3) is 4.20. The van der Waals surface area contributed by atoms with Crippen LogP contribution in [0.4, 0.5) is 4.79 Å². The second kappa shape index (κ2) is 7.87. The molecule has 2 amide bonds. The van der Waals surface area contributed by atoms with Crippen molar-refractivity contribution in [2.75, 3.05) is 19.8 Å². The Labute approximate surface area is 141 Å². The van der Waals surface area contributed by atoms with E-state index in [0.29, 0.717) is 6.54 Å². The summed E-state index contributed by atoms with van der Waals surface area (Å²) in [5.74, 6) is 2.52. The number of rotatable bonds is 10. The van der Waals surface area contributed by atoms with Crippen molar-refractivity contribution in [2.24, 2.45) is 17.8 Å². The molecule has 2 atom stereocenters. The lowest BCUT2D eigenvalue weighted by atomic mass is 9.80. The minimum Gasteiger partial charge on any atom is -0.381 e. The molecule has 0 aromatic rings. The summed E-state index contributed by atoms with van der Waals surface area (Å²) in [6.45, 7) is 4.55. The van der Waals surface area contributed by atoms with E-state index < -0.39 is 0 Å². The van der Waals surface area contributed by atoms with Gasteiger partial charge in [-0.25, -0.2) is 4.79 Å². The van der Waals surface area contributed by atoms with Crippen molar-refractivity contribution in [3.63, 3.8) is 0 Å². The van der Waals surface area contributed by atoms with Gasteiger partial charge >= 0.3 is 6.03 Å². The zero-order valence-corrected chi connectivity index (χ0v) is 14.7. The number of urea groups is 1. The molecule has 132 valence electrons. The van der Waals surface area contributed by atoms with E-state index in [1.807, 2.05) is 0 Å². The normalized spacial score (nSPS) is 34.0. The van der Waals surface area contributed by atoms with Gasteiger partial charge in [0, 0.05) is 25.3 Å². The first kappa shape index (κ1) is 17.1. The third-order valence-electron chi connectivity index (χ3n) is 6.25.